The van der Waals surface area contributed by atoms with Crippen molar-refractivity contribution in [2.45, 2.75) is 6.42 Å². The van der Waals surface area contributed by atoms with Gasteiger partial charge in [-0.15, -0.1) is 0 Å². The number of benzene rings is 9. The number of hydrogen-bond acceptors (Lipinski definition) is 8. The molecule has 2 aliphatic rings. The number of aromatic nitrogens is 7. The lowest BCUT2D eigenvalue weighted by atomic mass is 9.99. The Morgan fingerprint density at radius 2 is 1.00 bits per heavy atom. The van der Waals surface area contributed by atoms with Crippen LogP contribution in [0.15, 0.2) is 251 Å². The molecule has 0 amide bonds. The first kappa shape index (κ1) is 46.4. The second-order valence-corrected chi connectivity index (χ2v) is 20.6. The fourth-order valence-electron chi connectivity index (χ4n) is 11.7. The van der Waals surface area contributed by atoms with E-state index < -0.39 is 0 Å². The minimum Gasteiger partial charge on any atom is -0.456 e. The van der Waals surface area contributed by atoms with Gasteiger partial charge < -0.3 is 8.83 Å². The van der Waals surface area contributed by atoms with Gasteiger partial charge in [-0.25, -0.2) is 29.9 Å². The molecule has 7 heterocycles. The van der Waals surface area contributed by atoms with Gasteiger partial charge in [-0.05, 0) is 118 Å². The van der Waals surface area contributed by atoms with Crippen molar-refractivity contribution >= 4 is 127 Å². The van der Waals surface area contributed by atoms with Crippen LogP contribution in [-0.2, 0) is 6.42 Å². The number of allylic oxidation sites excluding steroid dienone is 6. The van der Waals surface area contributed by atoms with E-state index in [0.29, 0.717) is 27.7 Å². The molecule has 0 aliphatic heterocycles. The van der Waals surface area contributed by atoms with Gasteiger partial charge in [0.05, 0.1) is 28.3 Å². The van der Waals surface area contributed by atoms with Crippen LogP contribution in [0.5, 0.6) is 0 Å². The molecule has 0 fully saturated rings. The first-order chi connectivity index (χ1) is 40.0. The summed E-state index contributed by atoms with van der Waals surface area (Å²) in [5, 5.41) is 12.1. The largest absolute Gasteiger partial charge is 0.456 e. The lowest BCUT2D eigenvalue weighted by molar-refractivity contribution is 0.668. The van der Waals surface area contributed by atoms with Crippen LogP contribution in [0.1, 0.15) is 11.1 Å². The van der Waals surface area contributed by atoms with Gasteiger partial charge in [-0.3, -0.25) is 4.57 Å². The number of halogens is 1. The minimum absolute atomic E-state index is 0.330. The van der Waals surface area contributed by atoms with E-state index in [1.807, 2.05) is 84.9 Å². The smallest absolute Gasteiger partial charge is 0.180 e. The summed E-state index contributed by atoms with van der Waals surface area (Å²) in [7, 11) is 0. The van der Waals surface area contributed by atoms with Crippen LogP contribution >= 0.6 is 11.6 Å². The van der Waals surface area contributed by atoms with Crippen LogP contribution in [0.2, 0.25) is 5.15 Å². The van der Waals surface area contributed by atoms with Crippen molar-refractivity contribution < 1.29 is 8.83 Å². The highest BCUT2D eigenvalue weighted by molar-refractivity contribution is 6.32. The summed E-state index contributed by atoms with van der Waals surface area (Å²) >= 11 is 6.32. The molecule has 0 spiro atoms. The molecule has 0 saturated carbocycles. The number of rotatable bonds is 3. The Hall–Kier alpha value is -10.7. The van der Waals surface area contributed by atoms with Crippen molar-refractivity contribution in [2.24, 2.45) is 0 Å². The normalized spacial score (nSPS) is 12.7. The van der Waals surface area contributed by atoms with Crippen molar-refractivity contribution in [3.63, 3.8) is 0 Å². The Morgan fingerprint density at radius 3 is 1.69 bits per heavy atom. The molecule has 9 nitrogen and oxygen atoms in total. The number of fused-ring (bicyclic) bond motifs is 15. The van der Waals surface area contributed by atoms with E-state index in [9.17, 15) is 0 Å². The highest BCUT2D eigenvalue weighted by Crippen LogP contribution is 2.41. The third kappa shape index (κ3) is 7.90. The highest BCUT2D eigenvalue weighted by Gasteiger charge is 2.27. The summed E-state index contributed by atoms with van der Waals surface area (Å²) in [4.78, 5) is 28.0. The molecule has 0 bridgehead atoms. The maximum atomic E-state index is 6.32. The molecule has 16 aromatic rings. The molecule has 18 rings (SSSR count). The van der Waals surface area contributed by atoms with E-state index >= 15 is 0 Å². The van der Waals surface area contributed by atoms with Crippen LogP contribution in [-0.4, -0.2) is 34.5 Å². The molecule has 7 aromatic heterocycles. The van der Waals surface area contributed by atoms with Crippen LogP contribution in [0.25, 0.3) is 143 Å². The van der Waals surface area contributed by atoms with Crippen molar-refractivity contribution in [3.05, 3.63) is 265 Å². The Kier molecular flexibility index (Phi) is 10.7. The number of nitrogens with zero attached hydrogens (tertiary/aromatic N) is 7. The Bertz CT molecular complexity index is 5380. The maximum absolute atomic E-state index is 6.32. The molecule has 0 radical (unpaired) electrons. The second kappa shape index (κ2) is 18.8. The standard InChI is InChI=1S/C35H20N4O.C19H10ClN3O.C17H11/c1-2-9-22-19-30-27(18-21(22)8-1)24-10-3-5-13-29(24)39(30)35-33(37-28-12-7-17-36-34(28)38-35)23-15-16-26-25-11-4-6-14-31(25)40-32(26)20-23;20-18-17(22-14-5-3-9-21-19(14)23-18)11-7-8-13-12-4-1-2-6-15(12)24-16(13)10-11;1-2-6-13-11-17-15(9-12(13)5-1)10-14-7-3-4-8-16(14)17/h1-20H;1-10H;1-2,4-9,11H,10H2/q;;+1. The number of hydrogen-bond donors (Lipinski definition) is 0. The first-order valence-electron chi connectivity index (χ1n) is 26.7. The van der Waals surface area contributed by atoms with Crippen LogP contribution in [0.4, 0.5) is 0 Å². The van der Waals surface area contributed by atoms with Crippen LogP contribution in [0.3, 0.4) is 0 Å². The second-order valence-electron chi connectivity index (χ2n) is 20.3. The van der Waals surface area contributed by atoms with Crippen molar-refractivity contribution in [1.82, 2.24) is 34.5 Å². The molecule has 0 saturated heterocycles. The van der Waals surface area contributed by atoms with Gasteiger partial charge >= 0.3 is 0 Å². The summed E-state index contributed by atoms with van der Waals surface area (Å²) in [6, 6.07) is 70.7. The molecule has 9 aromatic carbocycles. The zero-order valence-corrected chi connectivity index (χ0v) is 43.8. The molecule has 0 unspecified atom stereocenters. The molecule has 378 valence electrons. The van der Waals surface area contributed by atoms with Gasteiger partial charge in [-0.1, -0.05) is 127 Å². The quantitative estimate of drug-likeness (QED) is 0.161. The Morgan fingerprint density at radius 1 is 0.444 bits per heavy atom. The summed E-state index contributed by atoms with van der Waals surface area (Å²) in [6.45, 7) is 0. The van der Waals surface area contributed by atoms with E-state index in [0.717, 1.165) is 89.5 Å². The number of pyridine rings is 2. The topological polar surface area (TPSA) is 109 Å². The average molecular weight is 1060 g/mol. The minimum atomic E-state index is 0.330. The fourth-order valence-corrected chi connectivity index (χ4v) is 11.9. The zero-order valence-electron chi connectivity index (χ0n) is 43.0. The Labute approximate surface area is 467 Å². The van der Waals surface area contributed by atoms with Gasteiger partial charge in [0.25, 0.3) is 0 Å². The van der Waals surface area contributed by atoms with Gasteiger partial charge in [0.2, 0.25) is 0 Å². The summed E-state index contributed by atoms with van der Waals surface area (Å²) < 4.78 is 14.4. The molecule has 0 N–H and O–H groups in total. The van der Waals surface area contributed by atoms with Gasteiger partial charge in [0, 0.05) is 73.9 Å². The first-order valence-corrected chi connectivity index (χ1v) is 27.1. The molecule has 0 atom stereocenters. The predicted octanol–water partition coefficient (Wildman–Crippen LogP) is 18.2. The van der Waals surface area contributed by atoms with Gasteiger partial charge in [0.15, 0.2) is 22.3 Å². The van der Waals surface area contributed by atoms with Crippen LogP contribution in [0, 0.1) is 6.08 Å². The van der Waals surface area contributed by atoms with E-state index in [1.54, 1.807) is 12.4 Å². The molecule has 2 aliphatic carbocycles. The molecule has 81 heavy (non-hydrogen) atoms. The van der Waals surface area contributed by atoms with Gasteiger partial charge in [0.1, 0.15) is 56.9 Å². The monoisotopic (exact) mass is 1060 g/mol. The fraction of sp³-hybridized carbons (Fsp3) is 0.0141. The van der Waals surface area contributed by atoms with E-state index in [2.05, 4.69) is 170 Å². The molecular weight excluding hydrogens is 1020 g/mol. The van der Waals surface area contributed by atoms with Gasteiger partial charge in [-0.2, -0.15) is 0 Å². The van der Waals surface area contributed by atoms with E-state index in [-0.39, 0.29) is 0 Å². The SMILES string of the molecule is Clc1nc2ncccc2nc1-c1ccc2c(c1)oc1ccccc12.[C+]1=CC2=C(C=C1)c1cc3ccccc3cc1C2.c1ccc2cc3c(cc2c1)c1ccccc1n3-c1nc2ncccc2nc1-c1ccc2c(c1)oc1ccccc12. The summed E-state index contributed by atoms with van der Waals surface area (Å²) in [5.41, 5.74) is 16.9. The van der Waals surface area contributed by atoms with Crippen LogP contribution < -0.4 is 0 Å². The van der Waals surface area contributed by atoms with E-state index in [1.165, 1.54) is 54.6 Å². The molecule has 10 heteroatoms. The zero-order chi connectivity index (χ0) is 53.5. The lowest BCUT2D eigenvalue weighted by Gasteiger charge is -2.13. The highest BCUT2D eigenvalue weighted by atomic mass is 35.5. The van der Waals surface area contributed by atoms with Crippen molar-refractivity contribution in [3.8, 4) is 28.3 Å². The number of furan rings is 2. The number of para-hydroxylation sites is 3. The third-order valence-electron chi connectivity index (χ3n) is 15.5. The summed E-state index contributed by atoms with van der Waals surface area (Å²) in [6.07, 6.45) is 13.9. The average Bonchev–Trinajstić information content (AvgIpc) is 4.47. The maximum Gasteiger partial charge on any atom is 0.180 e. The molecular formula is C71H41ClN7O2+. The Balaban J connectivity index is 0.000000111. The lowest BCUT2D eigenvalue weighted by Crippen LogP contribution is -2.04. The summed E-state index contributed by atoms with van der Waals surface area (Å²) in [5.74, 6) is 0.739. The van der Waals surface area contributed by atoms with Crippen molar-refractivity contribution in [2.75, 3.05) is 0 Å². The predicted molar refractivity (Wildman–Crippen MR) is 328 cm³/mol. The van der Waals surface area contributed by atoms with Crippen molar-refractivity contribution in [1.29, 1.82) is 0 Å². The van der Waals surface area contributed by atoms with E-state index in [4.69, 9.17) is 30.4 Å². The third-order valence-corrected chi connectivity index (χ3v) is 15.7.